The van der Waals surface area contributed by atoms with Crippen molar-refractivity contribution in [1.29, 1.82) is 0 Å². The maximum Gasteiger partial charge on any atom is 0.526 e. The lowest BCUT2D eigenvalue weighted by atomic mass is 9.98. The lowest BCUT2D eigenvalue weighted by Crippen LogP contribution is -2.60. The second-order valence-electron chi connectivity index (χ2n) is 4.15. The molecule has 1 aromatic rings. The van der Waals surface area contributed by atoms with Gasteiger partial charge in [-0.2, -0.15) is 13.2 Å². The van der Waals surface area contributed by atoms with Gasteiger partial charge in [0.05, 0.1) is 11.5 Å². The number of fused-ring (bicyclic) bond motifs is 1. The average Bonchev–Trinajstić information content (AvgIpc) is 2.34. The van der Waals surface area contributed by atoms with Crippen LogP contribution < -0.4 is 9.84 Å². The third kappa shape index (κ3) is 2.73. The highest BCUT2D eigenvalue weighted by Crippen LogP contribution is 2.48. The van der Waals surface area contributed by atoms with E-state index in [2.05, 4.69) is 9.47 Å². The molecule has 22 heavy (non-hydrogen) atoms. The van der Waals surface area contributed by atoms with Gasteiger partial charge < -0.3 is 14.6 Å². The van der Waals surface area contributed by atoms with Crippen molar-refractivity contribution in [3.05, 3.63) is 35.4 Å². The van der Waals surface area contributed by atoms with Gasteiger partial charge in [0, 0.05) is 5.56 Å². The minimum absolute atomic E-state index is 0.160. The van der Waals surface area contributed by atoms with E-state index in [0.717, 1.165) is 12.1 Å². The van der Waals surface area contributed by atoms with Crippen LogP contribution in [0.15, 0.2) is 29.8 Å². The number of halogens is 6. The molecule has 0 N–H and O–H groups in total. The Hall–Kier alpha value is -2.23. The number of para-hydroxylation sites is 1. The molecule has 4 nitrogen and oxygen atoms in total. The number of benzene rings is 1. The molecule has 1 aliphatic rings. The summed E-state index contributed by atoms with van der Waals surface area (Å²) < 4.78 is 83.9. The topological polar surface area (TPSA) is 58.6 Å². The van der Waals surface area contributed by atoms with Gasteiger partial charge in [0.2, 0.25) is 0 Å². The minimum atomic E-state index is -5.83. The van der Waals surface area contributed by atoms with Gasteiger partial charge >= 0.3 is 18.3 Å². The number of carboxylic acids is 1. The number of ether oxygens (including phenoxy) is 2. The van der Waals surface area contributed by atoms with Crippen LogP contribution >= 0.6 is 0 Å². The summed E-state index contributed by atoms with van der Waals surface area (Å²) in [5.41, 5.74) is -2.00. The van der Waals surface area contributed by atoms with E-state index >= 15 is 0 Å². The van der Waals surface area contributed by atoms with Gasteiger partial charge in [-0.3, -0.25) is 0 Å². The number of hydrogen-bond acceptors (Lipinski definition) is 4. The monoisotopic (exact) mass is 327 g/mol. The van der Waals surface area contributed by atoms with Crippen molar-refractivity contribution in [2.24, 2.45) is 0 Å². The Bertz CT molecular complexity index is 633. The summed E-state index contributed by atoms with van der Waals surface area (Å²) in [4.78, 5) is 10.9. The number of hydrogen-bond donors (Lipinski definition) is 0. The highest BCUT2D eigenvalue weighted by Gasteiger charge is 2.67. The average molecular weight is 327 g/mol. The molecule has 10 heteroatoms. The number of aliphatic carboxylic acids is 1. The van der Waals surface area contributed by atoms with E-state index in [4.69, 9.17) is 0 Å². The smallest absolute Gasteiger partial charge is 0.526 e. The highest BCUT2D eigenvalue weighted by molar-refractivity contribution is 5.94. The zero-order chi connectivity index (χ0) is 16.8. The Morgan fingerprint density at radius 1 is 1.14 bits per heavy atom. The van der Waals surface area contributed by atoms with Crippen LogP contribution in [0.3, 0.4) is 0 Å². The lowest BCUT2D eigenvalue weighted by molar-refractivity contribution is -0.448. The van der Waals surface area contributed by atoms with E-state index in [1.54, 1.807) is 0 Å². The number of alkyl halides is 6. The molecule has 0 spiro atoms. The van der Waals surface area contributed by atoms with Crippen LogP contribution in [0.1, 0.15) is 5.56 Å². The predicted molar refractivity (Wildman–Crippen MR) is 56.0 cm³/mol. The van der Waals surface area contributed by atoms with E-state index in [0.29, 0.717) is 6.08 Å². The van der Waals surface area contributed by atoms with Crippen LogP contribution in [0.4, 0.5) is 26.3 Å². The Morgan fingerprint density at radius 2 is 1.73 bits per heavy atom. The molecule has 0 bridgehead atoms. The zero-order valence-electron chi connectivity index (χ0n) is 10.3. The fourth-order valence-corrected chi connectivity index (χ4v) is 1.85. The molecule has 0 aromatic heterocycles. The quantitative estimate of drug-likeness (QED) is 0.780. The van der Waals surface area contributed by atoms with Crippen LogP contribution in [0.5, 0.6) is 5.75 Å². The van der Waals surface area contributed by atoms with Crippen molar-refractivity contribution in [2.45, 2.75) is 18.3 Å². The Labute approximate surface area is 118 Å². The number of carboxylic acid groups (broad SMARTS) is 1. The van der Waals surface area contributed by atoms with Gasteiger partial charge in [-0.05, 0) is 12.1 Å². The van der Waals surface area contributed by atoms with E-state index in [9.17, 15) is 36.2 Å². The van der Waals surface area contributed by atoms with Crippen molar-refractivity contribution in [3.8, 4) is 5.75 Å². The third-order valence-electron chi connectivity index (χ3n) is 2.68. The van der Waals surface area contributed by atoms with E-state index in [1.165, 1.54) is 12.1 Å². The number of carbonyl (C=O) groups excluding carboxylic acids is 1. The maximum atomic E-state index is 13.1. The van der Waals surface area contributed by atoms with Crippen molar-refractivity contribution in [1.82, 2.24) is 0 Å². The molecule has 1 aliphatic heterocycles. The predicted octanol–water partition coefficient (Wildman–Crippen LogP) is 2.01. The molecule has 1 unspecified atom stereocenters. The Kier molecular flexibility index (Phi) is 3.60. The summed E-state index contributed by atoms with van der Waals surface area (Å²) in [5.74, 6) is -7.66. The van der Waals surface area contributed by atoms with Gasteiger partial charge in [-0.25, -0.2) is 4.74 Å². The molecule has 0 amide bonds. The van der Waals surface area contributed by atoms with Gasteiger partial charge in [0.25, 0.3) is 0 Å². The largest absolute Gasteiger partial charge is 0.545 e. The molecule has 0 aliphatic carbocycles. The summed E-state index contributed by atoms with van der Waals surface area (Å²) in [6.45, 7) is 0. The van der Waals surface area contributed by atoms with Crippen molar-refractivity contribution in [2.75, 3.05) is 0 Å². The van der Waals surface area contributed by atoms with Crippen LogP contribution in [0.2, 0.25) is 0 Å². The summed E-state index contributed by atoms with van der Waals surface area (Å²) in [7, 11) is 0. The molecule has 2 rings (SSSR count). The minimum Gasteiger partial charge on any atom is -0.545 e. The van der Waals surface area contributed by atoms with E-state index in [-0.39, 0.29) is 5.56 Å². The van der Waals surface area contributed by atoms with E-state index in [1.807, 2.05) is 0 Å². The fourth-order valence-electron chi connectivity index (χ4n) is 1.85. The second kappa shape index (κ2) is 4.90. The highest BCUT2D eigenvalue weighted by atomic mass is 19.4. The number of rotatable bonds is 2. The molecule has 0 saturated carbocycles. The molecule has 120 valence electrons. The number of carbonyl (C=O) groups is 1. The SMILES string of the molecule is O=C([O-])C1=Cc2ccccc2OC1(OC(F)(F)F)C(F)(F)F. The Balaban J connectivity index is 2.69. The molecule has 0 saturated heterocycles. The summed E-state index contributed by atoms with van der Waals surface area (Å²) in [6.07, 6.45) is -11.3. The van der Waals surface area contributed by atoms with E-state index < -0.39 is 35.6 Å². The molecule has 1 heterocycles. The van der Waals surface area contributed by atoms with Crippen LogP contribution in [-0.4, -0.2) is 24.3 Å². The standard InChI is InChI=1S/C12H6F6O4/c13-11(14,15)10(22-12(16,17)18)7(9(19)20)5-6-3-1-2-4-8(6)21-10/h1-5H,(H,19,20)/p-1. The fraction of sp³-hybridized carbons (Fsp3) is 0.250. The molecule has 1 aromatic carbocycles. The summed E-state index contributed by atoms with van der Waals surface area (Å²) in [6, 6.07) is 4.63. The van der Waals surface area contributed by atoms with Crippen molar-refractivity contribution in [3.63, 3.8) is 0 Å². The Morgan fingerprint density at radius 3 is 2.23 bits per heavy atom. The maximum absolute atomic E-state index is 13.1. The first-order valence-electron chi connectivity index (χ1n) is 5.51. The third-order valence-corrected chi connectivity index (χ3v) is 2.68. The molecule has 0 radical (unpaired) electrons. The van der Waals surface area contributed by atoms with Crippen LogP contribution in [0, 0.1) is 0 Å². The van der Waals surface area contributed by atoms with Gasteiger partial charge in [0.15, 0.2) is 0 Å². The summed E-state index contributed by atoms with van der Waals surface area (Å²) in [5, 5.41) is 10.9. The summed E-state index contributed by atoms with van der Waals surface area (Å²) >= 11 is 0. The first-order valence-corrected chi connectivity index (χ1v) is 5.51. The van der Waals surface area contributed by atoms with Crippen molar-refractivity contribution < 1.29 is 45.7 Å². The van der Waals surface area contributed by atoms with Crippen LogP contribution in [0.25, 0.3) is 6.08 Å². The first kappa shape index (κ1) is 16.1. The molecule has 1 atom stereocenters. The van der Waals surface area contributed by atoms with Crippen LogP contribution in [-0.2, 0) is 9.53 Å². The van der Waals surface area contributed by atoms with Crippen molar-refractivity contribution >= 4 is 12.0 Å². The molecule has 0 fully saturated rings. The lowest BCUT2D eigenvalue weighted by Gasteiger charge is -2.40. The van der Waals surface area contributed by atoms with Gasteiger partial charge in [-0.1, -0.05) is 18.2 Å². The zero-order valence-corrected chi connectivity index (χ0v) is 10.3. The second-order valence-corrected chi connectivity index (χ2v) is 4.15. The first-order chi connectivity index (χ1) is 9.96. The van der Waals surface area contributed by atoms with Gasteiger partial charge in [0.1, 0.15) is 5.75 Å². The van der Waals surface area contributed by atoms with Gasteiger partial charge in [-0.15, -0.1) is 13.2 Å². The normalized spacial score (nSPS) is 21.6. The molecular weight excluding hydrogens is 322 g/mol. The molecular formula is C12H5F6O4-.